The van der Waals surface area contributed by atoms with Gasteiger partial charge in [-0.25, -0.2) is 9.67 Å². The lowest BCUT2D eigenvalue weighted by Crippen LogP contribution is -2.37. The van der Waals surface area contributed by atoms with Crippen LogP contribution in [0.15, 0.2) is 49.3 Å². The first-order valence-corrected chi connectivity index (χ1v) is 7.95. The number of hydrogen-bond acceptors (Lipinski definition) is 4. The molecule has 3 aromatic rings. The highest BCUT2D eigenvalue weighted by atomic mass is 35.5. The van der Waals surface area contributed by atoms with Gasteiger partial charge in [-0.05, 0) is 41.8 Å². The number of amides is 1. The van der Waals surface area contributed by atoms with Crippen LogP contribution in [0.1, 0.15) is 21.5 Å². The fourth-order valence-corrected chi connectivity index (χ4v) is 3.11. The van der Waals surface area contributed by atoms with Crippen LogP contribution in [0.5, 0.6) is 0 Å². The molecule has 0 atom stereocenters. The highest BCUT2D eigenvalue weighted by Crippen LogP contribution is 2.26. The molecule has 1 aliphatic heterocycles. The maximum atomic E-state index is 12.8. The molecule has 6 nitrogen and oxygen atoms in total. The van der Waals surface area contributed by atoms with Crippen molar-refractivity contribution in [1.82, 2.24) is 19.7 Å². The highest BCUT2D eigenvalue weighted by molar-refractivity contribution is 6.30. The maximum absolute atomic E-state index is 12.8. The number of carbonyl (C=O) groups is 1. The van der Waals surface area contributed by atoms with E-state index in [4.69, 9.17) is 11.6 Å². The molecule has 0 N–H and O–H groups in total. The summed E-state index contributed by atoms with van der Waals surface area (Å²) in [6.45, 7) is 1.18. The minimum Gasteiger partial charge on any atom is -0.306 e. The lowest BCUT2D eigenvalue weighted by Gasteiger charge is -2.28. The van der Waals surface area contributed by atoms with Gasteiger partial charge in [0.05, 0.1) is 18.4 Å². The minimum atomic E-state index is -0.0207. The summed E-state index contributed by atoms with van der Waals surface area (Å²) < 4.78 is 1.72. The lowest BCUT2D eigenvalue weighted by molar-refractivity contribution is 0.0980. The Balaban J connectivity index is 1.62. The Morgan fingerprint density at radius 3 is 2.92 bits per heavy atom. The fourth-order valence-electron chi connectivity index (χ4n) is 2.91. The van der Waals surface area contributed by atoms with Crippen molar-refractivity contribution in [2.24, 2.45) is 0 Å². The quantitative estimate of drug-likeness (QED) is 0.735. The summed E-state index contributed by atoms with van der Waals surface area (Å²) in [7, 11) is 0. The molecule has 0 fully saturated rings. The predicted molar refractivity (Wildman–Crippen MR) is 90.2 cm³/mol. The third kappa shape index (κ3) is 2.76. The van der Waals surface area contributed by atoms with Crippen LogP contribution in [0.2, 0.25) is 5.02 Å². The van der Waals surface area contributed by atoms with E-state index in [1.807, 2.05) is 12.1 Å². The molecule has 0 saturated heterocycles. The molecule has 2 aromatic heterocycles. The number of aromatic nitrogens is 4. The molecule has 1 aliphatic rings. The average molecular weight is 340 g/mol. The Bertz CT molecular complexity index is 894. The molecule has 1 aromatic carbocycles. The van der Waals surface area contributed by atoms with Gasteiger partial charge in [-0.15, -0.1) is 0 Å². The van der Waals surface area contributed by atoms with Gasteiger partial charge in [0.1, 0.15) is 12.7 Å². The molecule has 0 unspecified atom stereocenters. The summed E-state index contributed by atoms with van der Waals surface area (Å²) in [6, 6.07) is 7.37. The number of fused-ring (bicyclic) bond motifs is 1. The van der Waals surface area contributed by atoms with Crippen LogP contribution in [-0.2, 0) is 13.0 Å². The molecule has 0 spiro atoms. The van der Waals surface area contributed by atoms with Crippen LogP contribution in [0.25, 0.3) is 0 Å². The molecule has 7 heteroatoms. The average Bonchev–Trinajstić information content (AvgIpc) is 3.08. The van der Waals surface area contributed by atoms with Gasteiger partial charge in [0.25, 0.3) is 5.91 Å². The van der Waals surface area contributed by atoms with E-state index in [0.29, 0.717) is 23.7 Å². The summed E-state index contributed by atoms with van der Waals surface area (Å²) in [6.07, 6.45) is 7.40. The van der Waals surface area contributed by atoms with E-state index in [0.717, 1.165) is 23.2 Å². The van der Waals surface area contributed by atoms with Crippen molar-refractivity contribution in [1.29, 1.82) is 0 Å². The van der Waals surface area contributed by atoms with Crippen molar-refractivity contribution in [3.05, 3.63) is 71.0 Å². The van der Waals surface area contributed by atoms with Gasteiger partial charge in [0, 0.05) is 23.3 Å². The largest absolute Gasteiger partial charge is 0.306 e. The third-order valence-electron chi connectivity index (χ3n) is 4.05. The van der Waals surface area contributed by atoms with Gasteiger partial charge in [-0.3, -0.25) is 9.78 Å². The molecule has 4 rings (SSSR count). The standard InChI is InChI=1S/C17H14ClN5O/c18-14-1-2-16-13(6-14)3-4-23(17(16)24)15-5-12(7-19-8-15)9-22-11-20-10-21-22/h1-2,5-8,10-11H,3-4,9H2. The van der Waals surface area contributed by atoms with Crippen molar-refractivity contribution >= 4 is 23.2 Å². The Kier molecular flexibility index (Phi) is 3.74. The van der Waals surface area contributed by atoms with Gasteiger partial charge < -0.3 is 4.90 Å². The molecule has 0 radical (unpaired) electrons. The van der Waals surface area contributed by atoms with Crippen molar-refractivity contribution in [3.63, 3.8) is 0 Å². The molecule has 24 heavy (non-hydrogen) atoms. The Morgan fingerprint density at radius 1 is 1.17 bits per heavy atom. The number of nitrogens with zero attached hydrogens (tertiary/aromatic N) is 5. The number of carbonyl (C=O) groups excluding carboxylic acids is 1. The number of rotatable bonds is 3. The number of pyridine rings is 1. The first-order valence-electron chi connectivity index (χ1n) is 7.57. The van der Waals surface area contributed by atoms with Crippen LogP contribution >= 0.6 is 11.6 Å². The van der Waals surface area contributed by atoms with Crippen LogP contribution in [0.4, 0.5) is 5.69 Å². The lowest BCUT2D eigenvalue weighted by atomic mass is 9.98. The van der Waals surface area contributed by atoms with Crippen LogP contribution in [0, 0.1) is 0 Å². The summed E-state index contributed by atoms with van der Waals surface area (Å²) in [5.41, 5.74) is 3.45. The van der Waals surface area contributed by atoms with E-state index in [1.54, 1.807) is 40.4 Å². The molecule has 0 saturated carbocycles. The molecule has 1 amide bonds. The normalized spacial score (nSPS) is 13.9. The topological polar surface area (TPSA) is 63.9 Å². The van der Waals surface area contributed by atoms with Crippen LogP contribution in [0.3, 0.4) is 0 Å². The predicted octanol–water partition coefficient (Wildman–Crippen LogP) is 2.58. The zero-order valence-corrected chi connectivity index (χ0v) is 13.5. The summed E-state index contributed by atoms with van der Waals surface area (Å²) in [5.74, 6) is -0.0207. The molecular formula is C17H14ClN5O. The van der Waals surface area contributed by atoms with Gasteiger partial charge in [0.15, 0.2) is 0 Å². The smallest absolute Gasteiger partial charge is 0.258 e. The molecule has 3 heterocycles. The minimum absolute atomic E-state index is 0.0207. The fraction of sp³-hybridized carbons (Fsp3) is 0.176. The summed E-state index contributed by atoms with van der Waals surface area (Å²) in [5, 5.41) is 4.75. The van der Waals surface area contributed by atoms with Gasteiger partial charge in [-0.1, -0.05) is 11.6 Å². The van der Waals surface area contributed by atoms with Crippen LogP contribution < -0.4 is 4.90 Å². The van der Waals surface area contributed by atoms with E-state index in [1.165, 1.54) is 6.33 Å². The van der Waals surface area contributed by atoms with Crippen molar-refractivity contribution in [2.45, 2.75) is 13.0 Å². The zero-order chi connectivity index (χ0) is 16.5. The van der Waals surface area contributed by atoms with Crippen molar-refractivity contribution in [3.8, 4) is 0 Å². The highest BCUT2D eigenvalue weighted by Gasteiger charge is 2.25. The second-order valence-electron chi connectivity index (χ2n) is 5.65. The Hall–Kier alpha value is -2.73. The SMILES string of the molecule is O=C1c2ccc(Cl)cc2CCN1c1cncc(Cn2cncn2)c1. The van der Waals surface area contributed by atoms with E-state index in [-0.39, 0.29) is 5.91 Å². The Morgan fingerprint density at radius 2 is 2.08 bits per heavy atom. The second-order valence-corrected chi connectivity index (χ2v) is 6.09. The summed E-state index contributed by atoms with van der Waals surface area (Å²) in [4.78, 5) is 22.7. The van der Waals surface area contributed by atoms with E-state index >= 15 is 0 Å². The third-order valence-corrected chi connectivity index (χ3v) is 4.29. The molecule has 120 valence electrons. The van der Waals surface area contributed by atoms with Gasteiger partial charge in [0.2, 0.25) is 0 Å². The monoisotopic (exact) mass is 339 g/mol. The van der Waals surface area contributed by atoms with Crippen LogP contribution in [-0.4, -0.2) is 32.2 Å². The number of anilines is 1. The molecule has 0 aliphatic carbocycles. The Labute approximate surface area is 143 Å². The first kappa shape index (κ1) is 14.8. The summed E-state index contributed by atoms with van der Waals surface area (Å²) >= 11 is 6.02. The number of halogens is 1. The van der Waals surface area contributed by atoms with Crippen molar-refractivity contribution in [2.75, 3.05) is 11.4 Å². The van der Waals surface area contributed by atoms with E-state index < -0.39 is 0 Å². The van der Waals surface area contributed by atoms with Gasteiger partial charge >= 0.3 is 0 Å². The first-order chi connectivity index (χ1) is 11.7. The van der Waals surface area contributed by atoms with Gasteiger partial charge in [-0.2, -0.15) is 5.10 Å². The molecular weight excluding hydrogens is 326 g/mol. The van der Waals surface area contributed by atoms with E-state index in [2.05, 4.69) is 15.1 Å². The maximum Gasteiger partial charge on any atom is 0.258 e. The number of hydrogen-bond donors (Lipinski definition) is 0. The van der Waals surface area contributed by atoms with E-state index in [9.17, 15) is 4.79 Å². The van der Waals surface area contributed by atoms with Crippen molar-refractivity contribution < 1.29 is 4.79 Å². The number of benzene rings is 1. The zero-order valence-electron chi connectivity index (χ0n) is 12.8. The second kappa shape index (κ2) is 6.05. The molecule has 0 bridgehead atoms.